The van der Waals surface area contributed by atoms with Gasteiger partial charge in [0.05, 0.1) is 25.1 Å². The van der Waals surface area contributed by atoms with Crippen molar-refractivity contribution in [3.8, 4) is 5.75 Å². The molecule has 7 heteroatoms. The van der Waals surface area contributed by atoms with E-state index in [2.05, 4.69) is 16.4 Å². The molecule has 2 aliphatic rings. The Kier molecular flexibility index (Phi) is 3.84. The molecule has 2 N–H and O–H groups in total. The summed E-state index contributed by atoms with van der Waals surface area (Å²) in [6.07, 6.45) is 2.15. The molecule has 2 aliphatic heterocycles. The van der Waals surface area contributed by atoms with E-state index in [9.17, 15) is 9.59 Å². The van der Waals surface area contributed by atoms with Crippen molar-refractivity contribution in [2.24, 2.45) is 0 Å². The van der Waals surface area contributed by atoms with Crippen LogP contribution in [-0.4, -0.2) is 40.4 Å². The summed E-state index contributed by atoms with van der Waals surface area (Å²) in [4.78, 5) is 29.7. The number of rotatable bonds is 2. The number of nitrogens with zero attached hydrogens (tertiary/aromatic N) is 1. The van der Waals surface area contributed by atoms with Crippen molar-refractivity contribution in [1.29, 1.82) is 0 Å². The predicted octanol–water partition coefficient (Wildman–Crippen LogP) is 3.75. The topological polar surface area (TPSA) is 74.4 Å². The number of hydrogen-bond donors (Lipinski definition) is 2. The number of likely N-dealkylation sites (tertiary alicyclic amines) is 1. The second-order valence-electron chi connectivity index (χ2n) is 7.44. The first-order valence-corrected chi connectivity index (χ1v) is 9.50. The Bertz CT molecular complexity index is 1100. The molecule has 1 spiro atoms. The number of urea groups is 1. The second-order valence-corrected chi connectivity index (χ2v) is 7.88. The summed E-state index contributed by atoms with van der Waals surface area (Å²) in [5.74, 6) is 0.545. The first-order chi connectivity index (χ1) is 13.5. The first kappa shape index (κ1) is 17.1. The molecule has 0 atom stereocenters. The number of fused-ring (bicyclic) bond motifs is 2. The Balaban J connectivity index is 1.21. The molecule has 1 fully saturated rings. The lowest BCUT2D eigenvalue weighted by atomic mass is 9.84. The van der Waals surface area contributed by atoms with E-state index < -0.39 is 5.60 Å². The van der Waals surface area contributed by atoms with Crippen LogP contribution in [0.3, 0.4) is 0 Å². The Hall–Kier alpha value is -2.99. The van der Waals surface area contributed by atoms with Crippen molar-refractivity contribution in [2.45, 2.75) is 18.6 Å². The molecule has 2 aromatic carbocycles. The normalized spacial score (nSPS) is 17.2. The molecule has 28 heavy (non-hydrogen) atoms. The Morgan fingerprint density at radius 2 is 2.07 bits per heavy atom. The summed E-state index contributed by atoms with van der Waals surface area (Å²) in [7, 11) is 0. The van der Waals surface area contributed by atoms with Crippen LogP contribution < -0.4 is 10.1 Å². The minimum atomic E-state index is -0.626. The number of carbonyl (C=O) groups is 2. The number of nitrogens with one attached hydrogen (secondary N) is 2. The Morgan fingerprint density at radius 3 is 2.93 bits per heavy atom. The van der Waals surface area contributed by atoms with Gasteiger partial charge in [0.2, 0.25) is 0 Å². The van der Waals surface area contributed by atoms with Crippen LogP contribution in [-0.2, 0) is 6.54 Å². The summed E-state index contributed by atoms with van der Waals surface area (Å²) in [6, 6.07) is 12.9. The second kappa shape index (κ2) is 6.27. The van der Waals surface area contributed by atoms with E-state index in [0.29, 0.717) is 36.0 Å². The maximum absolute atomic E-state index is 12.5. The fourth-order valence-electron chi connectivity index (χ4n) is 3.94. The van der Waals surface area contributed by atoms with Gasteiger partial charge in [0, 0.05) is 23.3 Å². The van der Waals surface area contributed by atoms with Crippen LogP contribution in [0.25, 0.3) is 10.9 Å². The Morgan fingerprint density at radius 1 is 1.21 bits per heavy atom. The van der Waals surface area contributed by atoms with Gasteiger partial charge in [-0.1, -0.05) is 17.7 Å². The lowest BCUT2D eigenvalue weighted by Gasteiger charge is -2.50. The van der Waals surface area contributed by atoms with Crippen LogP contribution in [0.4, 0.5) is 4.79 Å². The average molecular weight is 396 g/mol. The molecule has 0 radical (unpaired) electrons. The summed E-state index contributed by atoms with van der Waals surface area (Å²) in [5, 5.41) is 4.56. The van der Waals surface area contributed by atoms with E-state index in [0.717, 1.165) is 16.5 Å². The lowest BCUT2D eigenvalue weighted by molar-refractivity contribution is -0.0596. The van der Waals surface area contributed by atoms with Gasteiger partial charge in [-0.2, -0.15) is 0 Å². The molecule has 0 unspecified atom stereocenters. The zero-order valence-corrected chi connectivity index (χ0v) is 15.8. The zero-order chi connectivity index (χ0) is 19.3. The maximum Gasteiger partial charge on any atom is 0.317 e. The van der Waals surface area contributed by atoms with Gasteiger partial charge in [-0.05, 0) is 47.3 Å². The van der Waals surface area contributed by atoms with Crippen LogP contribution in [0.15, 0.2) is 48.7 Å². The minimum absolute atomic E-state index is 0.00335. The lowest BCUT2D eigenvalue weighted by Crippen LogP contribution is -2.69. The van der Waals surface area contributed by atoms with Gasteiger partial charge >= 0.3 is 6.03 Å². The third kappa shape index (κ3) is 2.90. The summed E-state index contributed by atoms with van der Waals surface area (Å²) < 4.78 is 6.06. The smallest absolute Gasteiger partial charge is 0.317 e. The van der Waals surface area contributed by atoms with Crippen molar-refractivity contribution in [2.75, 3.05) is 13.1 Å². The SMILES string of the molecule is O=C1CC2(CN(C(=O)NCc3ccc4[nH]ccc4c3)C2)Oc2ccc(Cl)cc21. The molecular formula is C21H18ClN3O3. The summed E-state index contributed by atoms with van der Waals surface area (Å²) in [5.41, 5.74) is 1.99. The zero-order valence-electron chi connectivity index (χ0n) is 15.0. The van der Waals surface area contributed by atoms with Gasteiger partial charge in [-0.15, -0.1) is 0 Å². The Labute approximate surface area is 166 Å². The van der Waals surface area contributed by atoms with E-state index in [1.165, 1.54) is 0 Å². The van der Waals surface area contributed by atoms with Crippen molar-refractivity contribution in [1.82, 2.24) is 15.2 Å². The molecule has 6 nitrogen and oxygen atoms in total. The molecular weight excluding hydrogens is 378 g/mol. The molecule has 3 aromatic rings. The quantitative estimate of drug-likeness (QED) is 0.694. The maximum atomic E-state index is 12.5. The highest BCUT2D eigenvalue weighted by atomic mass is 35.5. The number of carbonyl (C=O) groups excluding carboxylic acids is 2. The molecule has 0 aliphatic carbocycles. The number of halogens is 1. The molecule has 1 saturated heterocycles. The molecule has 1 aromatic heterocycles. The standard InChI is InChI=1S/C21H18ClN3O3/c22-15-2-4-19-16(8-15)18(26)9-21(28-19)11-25(12-21)20(27)24-10-13-1-3-17-14(7-13)5-6-23-17/h1-8,23H,9-12H2,(H,24,27). The van der Waals surface area contributed by atoms with Crippen molar-refractivity contribution >= 4 is 34.3 Å². The molecule has 0 bridgehead atoms. The highest BCUT2D eigenvalue weighted by Crippen LogP contribution is 2.39. The number of aromatic nitrogens is 1. The first-order valence-electron chi connectivity index (χ1n) is 9.12. The molecule has 5 rings (SSSR count). The van der Waals surface area contributed by atoms with Crippen molar-refractivity contribution in [3.63, 3.8) is 0 Å². The van der Waals surface area contributed by atoms with E-state index >= 15 is 0 Å². The van der Waals surface area contributed by atoms with Gasteiger partial charge in [-0.3, -0.25) is 4.79 Å². The number of benzene rings is 2. The van der Waals surface area contributed by atoms with Crippen molar-refractivity contribution < 1.29 is 14.3 Å². The number of Topliss-reactive ketones (excluding diaryl/α,β-unsaturated/α-hetero) is 1. The van der Waals surface area contributed by atoms with Gasteiger partial charge < -0.3 is 19.9 Å². The molecule has 142 valence electrons. The monoisotopic (exact) mass is 395 g/mol. The number of H-pyrrole nitrogens is 1. The van der Waals surface area contributed by atoms with E-state index in [1.807, 2.05) is 24.4 Å². The van der Waals surface area contributed by atoms with Gasteiger partial charge in [0.15, 0.2) is 11.4 Å². The van der Waals surface area contributed by atoms with Crippen LogP contribution in [0.5, 0.6) is 5.75 Å². The summed E-state index contributed by atoms with van der Waals surface area (Å²) >= 11 is 5.97. The van der Waals surface area contributed by atoms with Gasteiger partial charge in [0.25, 0.3) is 0 Å². The third-order valence-electron chi connectivity index (χ3n) is 5.36. The van der Waals surface area contributed by atoms with E-state index in [1.54, 1.807) is 23.1 Å². The predicted molar refractivity (Wildman–Crippen MR) is 106 cm³/mol. The van der Waals surface area contributed by atoms with Gasteiger partial charge in [0.1, 0.15) is 5.75 Å². The number of hydrogen-bond acceptors (Lipinski definition) is 3. The average Bonchev–Trinajstić information content (AvgIpc) is 3.12. The molecule has 3 heterocycles. The molecule has 0 saturated carbocycles. The highest BCUT2D eigenvalue weighted by molar-refractivity contribution is 6.31. The van der Waals surface area contributed by atoms with E-state index in [4.69, 9.17) is 16.3 Å². The van der Waals surface area contributed by atoms with Crippen LogP contribution in [0, 0.1) is 0 Å². The number of amides is 2. The third-order valence-corrected chi connectivity index (χ3v) is 5.59. The fourth-order valence-corrected chi connectivity index (χ4v) is 4.11. The highest BCUT2D eigenvalue weighted by Gasteiger charge is 2.51. The largest absolute Gasteiger partial charge is 0.482 e. The minimum Gasteiger partial charge on any atom is -0.482 e. The number of ether oxygens (including phenoxy) is 1. The van der Waals surface area contributed by atoms with Gasteiger partial charge in [-0.25, -0.2) is 4.79 Å². The van der Waals surface area contributed by atoms with E-state index in [-0.39, 0.29) is 18.2 Å². The van der Waals surface area contributed by atoms with Crippen molar-refractivity contribution in [3.05, 3.63) is 64.8 Å². The fraction of sp³-hybridized carbons (Fsp3) is 0.238. The summed E-state index contributed by atoms with van der Waals surface area (Å²) in [6.45, 7) is 1.23. The number of ketones is 1. The van der Waals surface area contributed by atoms with Crippen LogP contribution >= 0.6 is 11.6 Å². The number of aromatic amines is 1. The van der Waals surface area contributed by atoms with Crippen LogP contribution in [0.2, 0.25) is 5.02 Å². The molecule has 2 amide bonds. The van der Waals surface area contributed by atoms with Crippen LogP contribution in [0.1, 0.15) is 22.3 Å².